The van der Waals surface area contributed by atoms with E-state index < -0.39 is 11.8 Å². The van der Waals surface area contributed by atoms with Gasteiger partial charge in [-0.3, -0.25) is 4.79 Å². The molecule has 0 saturated carbocycles. The number of furan rings is 1. The second-order valence-electron chi connectivity index (χ2n) is 8.39. The molecule has 184 valence electrons. The first-order valence-corrected chi connectivity index (χ1v) is 11.8. The van der Waals surface area contributed by atoms with Gasteiger partial charge in [0.1, 0.15) is 18.1 Å². The number of carbonyl (C=O) groups excluding carboxylic acids is 2. The summed E-state index contributed by atoms with van der Waals surface area (Å²) >= 11 is 5.86. The Kier molecular flexibility index (Phi) is 8.39. The van der Waals surface area contributed by atoms with Crippen LogP contribution in [0, 0.1) is 5.82 Å². The zero-order valence-electron chi connectivity index (χ0n) is 19.2. The average Bonchev–Trinajstić information content (AvgIpc) is 3.56. The number of hydrogen-bond donors (Lipinski definition) is 1. The van der Waals surface area contributed by atoms with Gasteiger partial charge < -0.3 is 24.3 Å². The van der Waals surface area contributed by atoms with Crippen LogP contribution >= 0.6 is 11.6 Å². The Morgan fingerprint density at radius 2 is 1.89 bits per heavy atom. The number of halogens is 2. The highest BCUT2D eigenvalue weighted by Gasteiger charge is 2.27. The lowest BCUT2D eigenvalue weighted by atomic mass is 10.2. The van der Waals surface area contributed by atoms with Crippen molar-refractivity contribution >= 4 is 29.2 Å². The first-order valence-electron chi connectivity index (χ1n) is 11.4. The summed E-state index contributed by atoms with van der Waals surface area (Å²) in [5.74, 6) is -0.175. The number of hydrogen-bond acceptors (Lipinski definition) is 4. The summed E-state index contributed by atoms with van der Waals surface area (Å²) in [7, 11) is 0. The van der Waals surface area contributed by atoms with Gasteiger partial charge in [-0.05, 0) is 48.7 Å². The molecule has 35 heavy (non-hydrogen) atoms. The van der Waals surface area contributed by atoms with E-state index in [1.54, 1.807) is 23.3 Å². The number of urea groups is 1. The lowest BCUT2D eigenvalue weighted by Crippen LogP contribution is -2.46. The maximum Gasteiger partial charge on any atom is 0.322 e. The van der Waals surface area contributed by atoms with Crippen molar-refractivity contribution < 1.29 is 23.1 Å². The molecule has 3 amide bonds. The van der Waals surface area contributed by atoms with Gasteiger partial charge in [-0.25, -0.2) is 9.18 Å². The van der Waals surface area contributed by atoms with Crippen molar-refractivity contribution in [3.8, 4) is 0 Å². The summed E-state index contributed by atoms with van der Waals surface area (Å²) in [6.07, 6.45) is 3.12. The molecule has 1 saturated heterocycles. The van der Waals surface area contributed by atoms with E-state index in [2.05, 4.69) is 5.32 Å². The lowest BCUT2D eigenvalue weighted by molar-refractivity contribution is -0.133. The van der Waals surface area contributed by atoms with E-state index in [0.29, 0.717) is 24.6 Å². The topological polar surface area (TPSA) is 75.0 Å². The fourth-order valence-electron chi connectivity index (χ4n) is 3.92. The van der Waals surface area contributed by atoms with Gasteiger partial charge in [0.15, 0.2) is 0 Å². The van der Waals surface area contributed by atoms with E-state index in [9.17, 15) is 14.0 Å². The Morgan fingerprint density at radius 3 is 2.57 bits per heavy atom. The van der Waals surface area contributed by atoms with E-state index in [4.69, 9.17) is 20.8 Å². The van der Waals surface area contributed by atoms with Crippen LogP contribution < -0.4 is 5.32 Å². The van der Waals surface area contributed by atoms with Crippen molar-refractivity contribution in [2.24, 2.45) is 0 Å². The van der Waals surface area contributed by atoms with Crippen molar-refractivity contribution in [1.82, 2.24) is 9.80 Å². The van der Waals surface area contributed by atoms with Gasteiger partial charge in [-0.2, -0.15) is 0 Å². The molecule has 2 heterocycles. The number of nitrogens with one attached hydrogen (secondary N) is 1. The number of amides is 3. The van der Waals surface area contributed by atoms with Crippen LogP contribution in [0.5, 0.6) is 0 Å². The summed E-state index contributed by atoms with van der Waals surface area (Å²) in [5, 5.41) is 2.61. The Balaban J connectivity index is 1.50. The SMILES string of the molecule is O=C(CN(CC1CCCO1)C(=O)Nc1ccc(F)c(Cl)c1)N(Cc1ccccc1)Cc1ccco1. The minimum absolute atomic E-state index is 0.1000. The maximum absolute atomic E-state index is 13.5. The highest BCUT2D eigenvalue weighted by Crippen LogP contribution is 2.21. The van der Waals surface area contributed by atoms with Crippen LogP contribution in [0.4, 0.5) is 14.9 Å². The molecule has 3 aromatic rings. The molecule has 0 spiro atoms. The summed E-state index contributed by atoms with van der Waals surface area (Å²) in [6.45, 7) is 1.36. The highest BCUT2D eigenvalue weighted by molar-refractivity contribution is 6.31. The van der Waals surface area contributed by atoms with E-state index in [0.717, 1.165) is 18.4 Å². The van der Waals surface area contributed by atoms with Crippen LogP contribution in [-0.4, -0.2) is 47.5 Å². The normalized spacial score (nSPS) is 15.1. The van der Waals surface area contributed by atoms with Crippen molar-refractivity contribution in [2.75, 3.05) is 25.0 Å². The average molecular weight is 500 g/mol. The molecule has 7 nitrogen and oxygen atoms in total. The zero-order chi connectivity index (χ0) is 24.6. The first-order chi connectivity index (χ1) is 17.0. The fourth-order valence-corrected chi connectivity index (χ4v) is 4.10. The van der Waals surface area contributed by atoms with Gasteiger partial charge in [-0.15, -0.1) is 0 Å². The van der Waals surface area contributed by atoms with E-state index in [-0.39, 0.29) is 36.7 Å². The molecule has 1 aliphatic rings. The Hall–Kier alpha value is -3.36. The minimum Gasteiger partial charge on any atom is -0.467 e. The standard InChI is InChI=1S/C26H27ClFN3O4/c27-23-14-20(10-11-24(23)28)29-26(33)31(17-22-9-5-13-35-22)18-25(32)30(16-21-8-4-12-34-21)15-19-6-2-1-3-7-19/h1-4,6-8,10-12,14,22H,5,9,13,15-18H2,(H,29,33). The number of anilines is 1. The van der Waals surface area contributed by atoms with Crippen LogP contribution in [0.2, 0.25) is 5.02 Å². The molecule has 1 fully saturated rings. The summed E-state index contributed by atoms with van der Waals surface area (Å²) in [5.41, 5.74) is 1.30. The van der Waals surface area contributed by atoms with Crippen molar-refractivity contribution in [3.05, 3.63) is 89.1 Å². The number of carbonyl (C=O) groups is 2. The van der Waals surface area contributed by atoms with Crippen LogP contribution in [-0.2, 0) is 22.6 Å². The van der Waals surface area contributed by atoms with Gasteiger partial charge in [0, 0.05) is 25.4 Å². The van der Waals surface area contributed by atoms with E-state index in [1.165, 1.54) is 23.1 Å². The van der Waals surface area contributed by atoms with Gasteiger partial charge in [0.05, 0.1) is 23.9 Å². The molecule has 0 aliphatic carbocycles. The molecule has 1 atom stereocenters. The molecule has 1 unspecified atom stereocenters. The van der Waals surface area contributed by atoms with Crippen LogP contribution in [0.1, 0.15) is 24.2 Å². The minimum atomic E-state index is -0.578. The number of nitrogens with zero attached hydrogens (tertiary/aromatic N) is 2. The van der Waals surface area contributed by atoms with E-state index in [1.807, 2.05) is 30.3 Å². The van der Waals surface area contributed by atoms with Crippen LogP contribution in [0.15, 0.2) is 71.3 Å². The number of benzene rings is 2. The van der Waals surface area contributed by atoms with Gasteiger partial charge in [0.2, 0.25) is 5.91 Å². The second-order valence-corrected chi connectivity index (χ2v) is 8.80. The third-order valence-electron chi connectivity index (χ3n) is 5.73. The number of ether oxygens (including phenoxy) is 1. The lowest BCUT2D eigenvalue weighted by Gasteiger charge is -2.29. The molecular formula is C26H27ClFN3O4. The Morgan fingerprint density at radius 1 is 1.06 bits per heavy atom. The molecule has 1 aromatic heterocycles. The molecule has 9 heteroatoms. The predicted octanol–water partition coefficient (Wildman–Crippen LogP) is 5.31. The van der Waals surface area contributed by atoms with Gasteiger partial charge in [-0.1, -0.05) is 41.9 Å². The molecule has 1 aliphatic heterocycles. The zero-order valence-corrected chi connectivity index (χ0v) is 19.9. The Labute approximate surface area is 208 Å². The third-order valence-corrected chi connectivity index (χ3v) is 6.02. The quantitative estimate of drug-likeness (QED) is 0.432. The van der Waals surface area contributed by atoms with Crippen molar-refractivity contribution in [2.45, 2.75) is 32.0 Å². The molecule has 2 aromatic carbocycles. The van der Waals surface area contributed by atoms with Crippen molar-refractivity contribution in [1.29, 1.82) is 0 Å². The second kappa shape index (κ2) is 11.9. The van der Waals surface area contributed by atoms with Gasteiger partial charge in [0.25, 0.3) is 0 Å². The molecular weight excluding hydrogens is 473 g/mol. The van der Waals surface area contributed by atoms with Gasteiger partial charge >= 0.3 is 6.03 Å². The maximum atomic E-state index is 13.5. The molecule has 0 bridgehead atoms. The molecule has 4 rings (SSSR count). The smallest absolute Gasteiger partial charge is 0.322 e. The Bertz CT molecular complexity index is 1120. The van der Waals surface area contributed by atoms with Crippen LogP contribution in [0.25, 0.3) is 0 Å². The largest absolute Gasteiger partial charge is 0.467 e. The fraction of sp³-hybridized carbons (Fsp3) is 0.308. The monoisotopic (exact) mass is 499 g/mol. The highest BCUT2D eigenvalue weighted by atomic mass is 35.5. The van der Waals surface area contributed by atoms with Crippen LogP contribution in [0.3, 0.4) is 0 Å². The summed E-state index contributed by atoms with van der Waals surface area (Å²) in [4.78, 5) is 29.7. The predicted molar refractivity (Wildman–Crippen MR) is 130 cm³/mol. The third kappa shape index (κ3) is 7.07. The van der Waals surface area contributed by atoms with E-state index >= 15 is 0 Å². The summed E-state index contributed by atoms with van der Waals surface area (Å²) in [6, 6.07) is 16.6. The first kappa shape index (κ1) is 24.8. The number of rotatable bonds is 9. The van der Waals surface area contributed by atoms with Crippen molar-refractivity contribution in [3.63, 3.8) is 0 Å². The molecule has 1 N–H and O–H groups in total. The summed E-state index contributed by atoms with van der Waals surface area (Å²) < 4.78 is 24.7. The molecule has 0 radical (unpaired) electrons.